The Labute approximate surface area is 360 Å². The highest BCUT2D eigenvalue weighted by molar-refractivity contribution is 9.10. The lowest BCUT2D eigenvalue weighted by Gasteiger charge is -2.18. The number of carbonyl (C=O) groups excluding carboxylic acids is 2. The van der Waals surface area contributed by atoms with Gasteiger partial charge in [-0.15, -0.1) is 0 Å². The van der Waals surface area contributed by atoms with Crippen molar-refractivity contribution in [3.63, 3.8) is 0 Å². The summed E-state index contributed by atoms with van der Waals surface area (Å²) in [7, 11) is -2.18. The Kier molecular flexibility index (Phi) is 18.0. The molecule has 7 aromatic carbocycles. The zero-order valence-corrected chi connectivity index (χ0v) is 35.3. The molecule has 13 heteroatoms. The van der Waals surface area contributed by atoms with Crippen LogP contribution < -0.4 is 21.4 Å². The van der Waals surface area contributed by atoms with Crippen LogP contribution in [0, 0.1) is 0 Å². The molecular formula is C48H39BBrF6O4P. The number of hydrogen-bond donors (Lipinski definition) is 2. The van der Waals surface area contributed by atoms with Gasteiger partial charge in [0.05, 0.1) is 11.1 Å². The molecule has 312 valence electrons. The van der Waals surface area contributed by atoms with Crippen LogP contribution in [0.1, 0.15) is 45.7 Å². The molecule has 0 unspecified atom stereocenters. The van der Waals surface area contributed by atoms with Crippen LogP contribution in [0.4, 0.5) is 26.3 Å². The molecular weight excluding hydrogens is 876 g/mol. The maximum atomic E-state index is 12.4. The molecule has 0 fully saturated rings. The molecule has 0 bridgehead atoms. The normalized spacial score (nSPS) is 10.8. The van der Waals surface area contributed by atoms with Crippen molar-refractivity contribution in [2.24, 2.45) is 0 Å². The average molecular weight is 916 g/mol. The van der Waals surface area contributed by atoms with Crippen molar-refractivity contribution < 1.29 is 46.0 Å². The largest absolute Gasteiger partial charge is 0.488 e. The third kappa shape index (κ3) is 15.4. The van der Waals surface area contributed by atoms with Gasteiger partial charge in [-0.1, -0.05) is 180 Å². The number of ketones is 2. The van der Waals surface area contributed by atoms with Gasteiger partial charge in [-0.05, 0) is 78.5 Å². The van der Waals surface area contributed by atoms with Gasteiger partial charge in [-0.25, -0.2) is 0 Å². The Bertz CT molecular complexity index is 2300. The molecule has 0 radical (unpaired) electrons. The summed E-state index contributed by atoms with van der Waals surface area (Å²) in [6.45, 7) is 3.02. The molecule has 7 rings (SSSR count). The Balaban J connectivity index is 0.000000185. The van der Waals surface area contributed by atoms with E-state index in [4.69, 9.17) is 10.0 Å². The summed E-state index contributed by atoms with van der Waals surface area (Å²) in [4.78, 5) is 21.9. The highest BCUT2D eigenvalue weighted by Gasteiger charge is 2.31. The summed E-state index contributed by atoms with van der Waals surface area (Å²) in [5, 5.41) is 21.4. The van der Waals surface area contributed by atoms with Crippen LogP contribution in [0.15, 0.2) is 193 Å². The number of rotatable bonds is 7. The molecule has 0 saturated carbocycles. The zero-order chi connectivity index (χ0) is 44.6. The minimum atomic E-state index is -4.39. The van der Waals surface area contributed by atoms with Crippen LogP contribution in [-0.4, -0.2) is 28.7 Å². The molecule has 0 aromatic heterocycles. The molecule has 7 aromatic rings. The molecule has 0 heterocycles. The van der Waals surface area contributed by atoms with Crippen molar-refractivity contribution in [2.75, 3.05) is 0 Å². The van der Waals surface area contributed by atoms with E-state index in [-0.39, 0.29) is 17.0 Å². The van der Waals surface area contributed by atoms with E-state index in [2.05, 4.69) is 107 Å². The predicted molar refractivity (Wildman–Crippen MR) is 237 cm³/mol. The topological polar surface area (TPSA) is 74.6 Å². The van der Waals surface area contributed by atoms with E-state index >= 15 is 0 Å². The number of benzene rings is 7. The minimum Gasteiger partial charge on any atom is -0.423 e. The average Bonchev–Trinajstić information content (AvgIpc) is 3.25. The van der Waals surface area contributed by atoms with E-state index in [1.807, 2.05) is 12.1 Å². The van der Waals surface area contributed by atoms with Crippen LogP contribution in [-0.2, 0) is 12.4 Å². The van der Waals surface area contributed by atoms with Gasteiger partial charge in [-0.2, -0.15) is 26.3 Å². The summed E-state index contributed by atoms with van der Waals surface area (Å²) in [5.41, 5.74) is 1.35. The van der Waals surface area contributed by atoms with Crippen molar-refractivity contribution in [1.82, 2.24) is 0 Å². The van der Waals surface area contributed by atoms with Crippen molar-refractivity contribution in [3.05, 3.63) is 215 Å². The van der Waals surface area contributed by atoms with Crippen LogP contribution in [0.2, 0.25) is 0 Å². The molecule has 0 saturated heterocycles. The van der Waals surface area contributed by atoms with Gasteiger partial charge in [0.15, 0.2) is 11.6 Å². The maximum absolute atomic E-state index is 12.4. The Morgan fingerprint density at radius 1 is 0.459 bits per heavy atom. The van der Waals surface area contributed by atoms with Gasteiger partial charge in [-0.3, -0.25) is 9.59 Å². The van der Waals surface area contributed by atoms with E-state index in [1.54, 1.807) is 43.3 Å². The van der Waals surface area contributed by atoms with Crippen molar-refractivity contribution >= 4 is 63.9 Å². The number of Topliss-reactive ketones (excluding diaryl/α,β-unsaturated/α-hetero) is 2. The Morgan fingerprint density at radius 2 is 0.754 bits per heavy atom. The van der Waals surface area contributed by atoms with Gasteiger partial charge >= 0.3 is 19.5 Å². The SMILES string of the molecule is CC(=O)c1ccc(-c2ccc(C(F)(F)F)cc2)cc1.CC(=O)c1ccc(Br)cc1.OB(O)c1ccc(C(F)(F)F)cc1.c1ccc(P(c2ccccc2)c2ccccc2)cc1. The maximum Gasteiger partial charge on any atom is 0.488 e. The van der Waals surface area contributed by atoms with E-state index in [1.165, 1.54) is 35.0 Å². The lowest BCUT2D eigenvalue weighted by atomic mass is 9.80. The van der Waals surface area contributed by atoms with Gasteiger partial charge in [0.1, 0.15) is 0 Å². The van der Waals surface area contributed by atoms with Crippen molar-refractivity contribution in [3.8, 4) is 11.1 Å². The first-order chi connectivity index (χ1) is 28.9. The smallest absolute Gasteiger partial charge is 0.423 e. The molecule has 0 aliphatic rings. The van der Waals surface area contributed by atoms with E-state index in [9.17, 15) is 35.9 Å². The van der Waals surface area contributed by atoms with E-state index < -0.39 is 38.5 Å². The van der Waals surface area contributed by atoms with E-state index in [0.29, 0.717) is 11.1 Å². The summed E-state index contributed by atoms with van der Waals surface area (Å²) < 4.78 is 74.3. The summed E-state index contributed by atoms with van der Waals surface area (Å²) in [5.74, 6) is 0.0615. The summed E-state index contributed by atoms with van der Waals surface area (Å²) >= 11 is 3.28. The third-order valence-electron chi connectivity index (χ3n) is 8.67. The lowest BCUT2D eigenvalue weighted by Crippen LogP contribution is -2.29. The number of halogens is 7. The van der Waals surface area contributed by atoms with Gasteiger partial charge in [0, 0.05) is 15.6 Å². The highest BCUT2D eigenvalue weighted by atomic mass is 79.9. The number of hydrogen-bond acceptors (Lipinski definition) is 4. The van der Waals surface area contributed by atoms with Gasteiger partial charge in [0.2, 0.25) is 0 Å². The van der Waals surface area contributed by atoms with E-state index in [0.717, 1.165) is 52.0 Å². The fraction of sp³-hybridized carbons (Fsp3) is 0.0833. The first-order valence-corrected chi connectivity index (χ1v) is 20.6. The second-order valence-corrected chi connectivity index (χ2v) is 16.2. The number of alkyl halides is 6. The van der Waals surface area contributed by atoms with Crippen LogP contribution in [0.3, 0.4) is 0 Å². The fourth-order valence-corrected chi connectivity index (χ4v) is 8.03. The molecule has 0 aliphatic heterocycles. The molecule has 0 aliphatic carbocycles. The summed E-state index contributed by atoms with van der Waals surface area (Å²) in [6.07, 6.45) is -8.71. The molecule has 0 spiro atoms. The molecule has 0 atom stereocenters. The highest BCUT2D eigenvalue weighted by Crippen LogP contribution is 2.33. The quantitative estimate of drug-likeness (QED) is 0.0723. The van der Waals surface area contributed by atoms with Gasteiger partial charge in [0.25, 0.3) is 0 Å². The fourth-order valence-electron chi connectivity index (χ4n) is 5.46. The first kappa shape index (κ1) is 48.0. The molecule has 4 nitrogen and oxygen atoms in total. The van der Waals surface area contributed by atoms with Gasteiger partial charge < -0.3 is 10.0 Å². The molecule has 2 N–H and O–H groups in total. The van der Waals surface area contributed by atoms with Crippen LogP contribution >= 0.6 is 23.9 Å². The Hall–Kier alpha value is -5.65. The lowest BCUT2D eigenvalue weighted by molar-refractivity contribution is -0.138. The van der Waals surface area contributed by atoms with Crippen molar-refractivity contribution in [1.29, 1.82) is 0 Å². The second kappa shape index (κ2) is 22.8. The first-order valence-electron chi connectivity index (χ1n) is 18.5. The predicted octanol–water partition coefficient (Wildman–Crippen LogP) is 11.1. The van der Waals surface area contributed by atoms with Crippen LogP contribution in [0.5, 0.6) is 0 Å². The monoisotopic (exact) mass is 914 g/mol. The third-order valence-corrected chi connectivity index (χ3v) is 11.6. The Morgan fingerprint density at radius 3 is 1.05 bits per heavy atom. The molecule has 61 heavy (non-hydrogen) atoms. The standard InChI is InChI=1S/C18H15P.C15H11F3O.C8H7BrO.C7H6BF3O2/c1-4-10-16(11-5-1)19(17-12-6-2-7-13-17)18-14-8-3-9-15-18;1-10(19)11-2-4-12(5-3-11)13-6-8-14(9-7-13)15(16,17)18;1-6(10)7-2-4-8(9)5-3-7;9-7(10,11)5-1-3-6(4-2-5)8(12)13/h1-15H;2-9H,1H3;2-5H,1H3;1-4,12-13H. The summed E-state index contributed by atoms with van der Waals surface area (Å²) in [6, 6.07) is 55.0. The minimum absolute atomic E-state index is 0.0352. The van der Waals surface area contributed by atoms with Crippen LogP contribution in [0.25, 0.3) is 11.1 Å². The number of carbonyl (C=O) groups is 2. The zero-order valence-electron chi connectivity index (χ0n) is 32.8. The second-order valence-electron chi connectivity index (χ2n) is 13.1. The molecule has 0 amide bonds. The van der Waals surface area contributed by atoms with Crippen molar-refractivity contribution in [2.45, 2.75) is 26.2 Å².